The Balaban J connectivity index is 1.55. The van der Waals surface area contributed by atoms with Crippen LogP contribution in [-0.2, 0) is 11.8 Å². The van der Waals surface area contributed by atoms with Gasteiger partial charge in [-0.3, -0.25) is 4.79 Å². The van der Waals surface area contributed by atoms with Crippen LogP contribution in [0.25, 0.3) is 0 Å². The van der Waals surface area contributed by atoms with Gasteiger partial charge in [0, 0.05) is 17.2 Å². The van der Waals surface area contributed by atoms with Crippen LogP contribution in [0, 0.1) is 0 Å². The largest absolute Gasteiger partial charge is 0.483 e. The second-order valence-electron chi connectivity index (χ2n) is 7.23. The Hall–Kier alpha value is -2.32. The SMILES string of the molecule is CC(C)c1ccc(NC(=O)CSc2nnc(C(C)Oc3ccc(Br)cc3)n2C)cc1. The summed E-state index contributed by atoms with van der Waals surface area (Å²) in [6.45, 7) is 6.21. The van der Waals surface area contributed by atoms with E-state index in [0.717, 1.165) is 15.9 Å². The number of hydrogen-bond donors (Lipinski definition) is 1. The molecule has 1 aromatic heterocycles. The van der Waals surface area contributed by atoms with Crippen LogP contribution >= 0.6 is 27.7 Å². The zero-order valence-electron chi connectivity index (χ0n) is 17.4. The number of benzene rings is 2. The van der Waals surface area contributed by atoms with Crippen LogP contribution in [-0.4, -0.2) is 26.4 Å². The molecule has 0 aliphatic heterocycles. The van der Waals surface area contributed by atoms with E-state index in [1.54, 1.807) is 0 Å². The molecule has 8 heteroatoms. The van der Waals surface area contributed by atoms with E-state index in [1.165, 1.54) is 17.3 Å². The van der Waals surface area contributed by atoms with Gasteiger partial charge in [0.25, 0.3) is 0 Å². The van der Waals surface area contributed by atoms with E-state index in [4.69, 9.17) is 4.74 Å². The fourth-order valence-corrected chi connectivity index (χ4v) is 3.84. The third kappa shape index (κ3) is 5.86. The Labute approximate surface area is 189 Å². The summed E-state index contributed by atoms with van der Waals surface area (Å²) in [4.78, 5) is 12.3. The van der Waals surface area contributed by atoms with Crippen molar-refractivity contribution in [2.75, 3.05) is 11.1 Å². The average molecular weight is 489 g/mol. The number of carbonyl (C=O) groups is 1. The van der Waals surface area contributed by atoms with Crippen LogP contribution in [0.3, 0.4) is 0 Å². The van der Waals surface area contributed by atoms with Crippen molar-refractivity contribution >= 4 is 39.3 Å². The molecular formula is C22H25BrN4O2S. The number of rotatable bonds is 8. The first-order valence-corrected chi connectivity index (χ1v) is 11.5. The van der Waals surface area contributed by atoms with Gasteiger partial charge < -0.3 is 14.6 Å². The zero-order valence-corrected chi connectivity index (χ0v) is 19.8. The standard InChI is InChI=1S/C22H25BrN4O2S/c1-14(2)16-5-9-18(10-6-16)24-20(28)13-30-22-26-25-21(27(22)4)15(3)29-19-11-7-17(23)8-12-19/h5-12,14-15H,13H2,1-4H3,(H,24,28). The lowest BCUT2D eigenvalue weighted by Crippen LogP contribution is -2.15. The fraction of sp³-hybridized carbons (Fsp3) is 0.318. The maximum Gasteiger partial charge on any atom is 0.234 e. The number of nitrogens with zero attached hydrogens (tertiary/aromatic N) is 3. The van der Waals surface area contributed by atoms with Crippen LogP contribution in [0.1, 0.15) is 44.2 Å². The number of anilines is 1. The number of thioether (sulfide) groups is 1. The van der Waals surface area contributed by atoms with Crippen molar-refractivity contribution < 1.29 is 9.53 Å². The first-order valence-electron chi connectivity index (χ1n) is 9.67. The fourth-order valence-electron chi connectivity index (χ4n) is 2.85. The van der Waals surface area contributed by atoms with Gasteiger partial charge in [-0.2, -0.15) is 0 Å². The predicted octanol–water partition coefficient (Wildman–Crippen LogP) is 5.57. The molecule has 30 heavy (non-hydrogen) atoms. The van der Waals surface area contributed by atoms with E-state index in [0.29, 0.717) is 16.9 Å². The maximum absolute atomic E-state index is 12.3. The molecule has 0 saturated carbocycles. The van der Waals surface area contributed by atoms with Gasteiger partial charge in [0.2, 0.25) is 5.91 Å². The van der Waals surface area contributed by atoms with E-state index in [2.05, 4.69) is 45.3 Å². The van der Waals surface area contributed by atoms with E-state index < -0.39 is 0 Å². The molecule has 0 fully saturated rings. The van der Waals surface area contributed by atoms with Crippen LogP contribution < -0.4 is 10.1 Å². The van der Waals surface area contributed by atoms with Crippen molar-refractivity contribution in [3.8, 4) is 5.75 Å². The molecule has 0 aliphatic rings. The Bertz CT molecular complexity index is 987. The van der Waals surface area contributed by atoms with Gasteiger partial charge in [0.05, 0.1) is 5.75 Å². The Kier molecular flexibility index (Phi) is 7.55. The van der Waals surface area contributed by atoms with Gasteiger partial charge >= 0.3 is 0 Å². The molecule has 6 nitrogen and oxygen atoms in total. The minimum Gasteiger partial charge on any atom is -0.483 e. The average Bonchev–Trinajstić information content (AvgIpc) is 3.09. The van der Waals surface area contributed by atoms with E-state index >= 15 is 0 Å². The van der Waals surface area contributed by atoms with Crippen molar-refractivity contribution in [3.63, 3.8) is 0 Å². The molecule has 3 aromatic rings. The number of aromatic nitrogens is 3. The maximum atomic E-state index is 12.3. The topological polar surface area (TPSA) is 69.0 Å². The normalized spacial score (nSPS) is 12.1. The second kappa shape index (κ2) is 10.1. The molecule has 158 valence electrons. The molecule has 2 aromatic carbocycles. The van der Waals surface area contributed by atoms with Gasteiger partial charge in [0.15, 0.2) is 17.1 Å². The summed E-state index contributed by atoms with van der Waals surface area (Å²) in [6.07, 6.45) is -0.272. The summed E-state index contributed by atoms with van der Waals surface area (Å²) in [6, 6.07) is 15.6. The summed E-state index contributed by atoms with van der Waals surface area (Å²) in [5.41, 5.74) is 2.04. The number of hydrogen-bond acceptors (Lipinski definition) is 5. The summed E-state index contributed by atoms with van der Waals surface area (Å²) in [5.74, 6) is 2.09. The molecule has 1 heterocycles. The van der Waals surface area contributed by atoms with Gasteiger partial charge in [-0.15, -0.1) is 10.2 Å². The molecule has 3 rings (SSSR count). The van der Waals surface area contributed by atoms with Crippen molar-refractivity contribution in [2.45, 2.75) is 37.9 Å². The zero-order chi connectivity index (χ0) is 21.7. The first kappa shape index (κ1) is 22.4. The quantitative estimate of drug-likeness (QED) is 0.419. The van der Waals surface area contributed by atoms with Crippen molar-refractivity contribution in [3.05, 3.63) is 64.4 Å². The lowest BCUT2D eigenvalue weighted by atomic mass is 10.0. The minimum atomic E-state index is -0.272. The van der Waals surface area contributed by atoms with Crippen LogP contribution in [0.4, 0.5) is 5.69 Å². The molecule has 0 saturated heterocycles. The molecule has 0 radical (unpaired) electrons. The highest BCUT2D eigenvalue weighted by atomic mass is 79.9. The number of carbonyl (C=O) groups excluding carboxylic acids is 1. The number of amides is 1. The molecule has 1 N–H and O–H groups in total. The minimum absolute atomic E-state index is 0.0824. The molecular weight excluding hydrogens is 464 g/mol. The molecule has 0 aliphatic carbocycles. The van der Waals surface area contributed by atoms with E-state index in [9.17, 15) is 4.79 Å². The summed E-state index contributed by atoms with van der Waals surface area (Å²) in [5, 5.41) is 12.0. The van der Waals surface area contributed by atoms with Crippen molar-refractivity contribution in [1.82, 2.24) is 14.8 Å². The Morgan fingerprint density at radius 1 is 1.10 bits per heavy atom. The molecule has 1 atom stereocenters. The van der Waals surface area contributed by atoms with Crippen LogP contribution in [0.2, 0.25) is 0 Å². The van der Waals surface area contributed by atoms with Gasteiger partial charge in [-0.05, 0) is 54.8 Å². The third-order valence-electron chi connectivity index (χ3n) is 4.55. The summed E-state index contributed by atoms with van der Waals surface area (Å²) in [7, 11) is 1.88. The Morgan fingerprint density at radius 2 is 1.77 bits per heavy atom. The number of ether oxygens (including phenoxy) is 1. The first-order chi connectivity index (χ1) is 14.3. The monoisotopic (exact) mass is 488 g/mol. The van der Waals surface area contributed by atoms with Crippen LogP contribution in [0.15, 0.2) is 58.2 Å². The smallest absolute Gasteiger partial charge is 0.234 e. The highest BCUT2D eigenvalue weighted by Crippen LogP contribution is 2.25. The Morgan fingerprint density at radius 3 is 2.40 bits per heavy atom. The predicted molar refractivity (Wildman–Crippen MR) is 124 cm³/mol. The van der Waals surface area contributed by atoms with Gasteiger partial charge in [0.1, 0.15) is 5.75 Å². The highest BCUT2D eigenvalue weighted by Gasteiger charge is 2.18. The lowest BCUT2D eigenvalue weighted by molar-refractivity contribution is -0.113. The molecule has 1 unspecified atom stereocenters. The van der Waals surface area contributed by atoms with E-state index in [1.807, 2.05) is 67.1 Å². The van der Waals surface area contributed by atoms with Gasteiger partial charge in [-0.25, -0.2) is 0 Å². The number of nitrogens with one attached hydrogen (secondary N) is 1. The molecule has 0 bridgehead atoms. The highest BCUT2D eigenvalue weighted by molar-refractivity contribution is 9.10. The lowest BCUT2D eigenvalue weighted by Gasteiger charge is -2.14. The van der Waals surface area contributed by atoms with Crippen molar-refractivity contribution in [1.29, 1.82) is 0 Å². The van der Waals surface area contributed by atoms with Crippen molar-refractivity contribution in [2.24, 2.45) is 7.05 Å². The van der Waals surface area contributed by atoms with Gasteiger partial charge in [-0.1, -0.05) is 53.7 Å². The molecule has 0 spiro atoms. The molecule has 1 amide bonds. The van der Waals surface area contributed by atoms with Crippen LogP contribution in [0.5, 0.6) is 5.75 Å². The number of halogens is 1. The summed E-state index contributed by atoms with van der Waals surface area (Å²) < 4.78 is 8.80. The third-order valence-corrected chi connectivity index (χ3v) is 6.10. The summed E-state index contributed by atoms with van der Waals surface area (Å²) >= 11 is 4.76. The second-order valence-corrected chi connectivity index (χ2v) is 9.09. The van der Waals surface area contributed by atoms with E-state index in [-0.39, 0.29) is 17.8 Å².